The van der Waals surface area contributed by atoms with Crippen molar-refractivity contribution in [2.75, 3.05) is 6.61 Å². The van der Waals surface area contributed by atoms with Crippen molar-refractivity contribution in [2.45, 2.75) is 32.7 Å². The number of nitrogens with two attached hydrogens (primary N) is 1. The Kier molecular flexibility index (Phi) is 7.29. The molecule has 0 aliphatic heterocycles. The van der Waals surface area contributed by atoms with Gasteiger partial charge in [0.2, 0.25) is 11.8 Å². The summed E-state index contributed by atoms with van der Waals surface area (Å²) >= 11 is 0. The van der Waals surface area contributed by atoms with Crippen LogP contribution >= 0.6 is 0 Å². The average Bonchev–Trinajstić information content (AvgIpc) is 2.48. The van der Waals surface area contributed by atoms with Crippen LogP contribution in [0.3, 0.4) is 0 Å². The van der Waals surface area contributed by atoms with Gasteiger partial charge in [-0.15, -0.1) is 0 Å². The second kappa shape index (κ2) is 8.95. The molecule has 2 amide bonds. The molecule has 0 heterocycles. The van der Waals surface area contributed by atoms with Gasteiger partial charge in [0.15, 0.2) is 0 Å². The lowest BCUT2D eigenvalue weighted by atomic mass is 9.97. The van der Waals surface area contributed by atoms with Crippen LogP contribution in [0.15, 0.2) is 18.2 Å². The molecule has 0 bridgehead atoms. The average molecular weight is 342 g/mol. The van der Waals surface area contributed by atoms with Gasteiger partial charge in [0.1, 0.15) is 17.7 Å². The molecule has 0 saturated carbocycles. The van der Waals surface area contributed by atoms with Gasteiger partial charge < -0.3 is 15.8 Å². The van der Waals surface area contributed by atoms with E-state index in [4.69, 9.17) is 10.5 Å². The predicted molar refractivity (Wildman–Crippen MR) is 81.6 cm³/mol. The standard InChI is InChI=1S/C16H20F2N2O4/c1-3-24-14(22)7-9(2)15(16(19)23)20-13(21)8-10-11(17)5-4-6-12(10)18/h4-6,9,15H,3,7-8H2,1-2H3,(H2,19,23)(H,20,21)/t9-,15+/m1/s1. The highest BCUT2D eigenvalue weighted by atomic mass is 19.1. The molecule has 0 radical (unpaired) electrons. The summed E-state index contributed by atoms with van der Waals surface area (Å²) in [5, 5.41) is 2.31. The number of rotatable bonds is 8. The van der Waals surface area contributed by atoms with E-state index in [1.165, 1.54) is 13.0 Å². The van der Waals surface area contributed by atoms with Crippen LogP contribution in [-0.4, -0.2) is 30.4 Å². The zero-order valence-electron chi connectivity index (χ0n) is 13.5. The molecule has 6 nitrogen and oxygen atoms in total. The molecule has 0 unspecified atom stereocenters. The van der Waals surface area contributed by atoms with E-state index in [1.54, 1.807) is 6.92 Å². The smallest absolute Gasteiger partial charge is 0.306 e. The highest BCUT2D eigenvalue weighted by Gasteiger charge is 2.27. The largest absolute Gasteiger partial charge is 0.466 e. The zero-order chi connectivity index (χ0) is 18.3. The maximum Gasteiger partial charge on any atom is 0.306 e. The number of primary amides is 1. The van der Waals surface area contributed by atoms with Crippen LogP contribution in [0.4, 0.5) is 8.78 Å². The highest BCUT2D eigenvalue weighted by molar-refractivity contribution is 5.88. The van der Waals surface area contributed by atoms with Gasteiger partial charge >= 0.3 is 5.97 Å². The molecule has 0 aliphatic carbocycles. The van der Waals surface area contributed by atoms with Crippen molar-refractivity contribution in [1.29, 1.82) is 0 Å². The third-order valence-corrected chi connectivity index (χ3v) is 3.39. The van der Waals surface area contributed by atoms with Crippen molar-refractivity contribution in [3.8, 4) is 0 Å². The first kappa shape index (κ1) is 19.5. The number of carbonyl (C=O) groups is 3. The van der Waals surface area contributed by atoms with Crippen LogP contribution in [0.25, 0.3) is 0 Å². The quantitative estimate of drug-likeness (QED) is 0.690. The van der Waals surface area contributed by atoms with Gasteiger partial charge in [0, 0.05) is 5.56 Å². The van der Waals surface area contributed by atoms with Crippen molar-refractivity contribution in [3.05, 3.63) is 35.4 Å². The Bertz CT molecular complexity index is 602. The Hall–Kier alpha value is -2.51. The summed E-state index contributed by atoms with van der Waals surface area (Å²) in [6.45, 7) is 3.36. The van der Waals surface area contributed by atoms with Gasteiger partial charge in [-0.1, -0.05) is 13.0 Å². The minimum absolute atomic E-state index is 0.129. The van der Waals surface area contributed by atoms with Gasteiger partial charge in [-0.2, -0.15) is 0 Å². The number of nitrogens with one attached hydrogen (secondary N) is 1. The van der Waals surface area contributed by atoms with Crippen molar-refractivity contribution in [1.82, 2.24) is 5.32 Å². The molecular formula is C16H20F2N2O4. The number of amides is 2. The van der Waals surface area contributed by atoms with Crippen molar-refractivity contribution in [3.63, 3.8) is 0 Å². The third kappa shape index (κ3) is 5.60. The predicted octanol–water partition coefficient (Wildman–Crippen LogP) is 1.07. The van der Waals surface area contributed by atoms with E-state index < -0.39 is 53.4 Å². The lowest BCUT2D eigenvalue weighted by Crippen LogP contribution is -2.49. The summed E-state index contributed by atoms with van der Waals surface area (Å²) in [4.78, 5) is 34.9. The summed E-state index contributed by atoms with van der Waals surface area (Å²) in [5.41, 5.74) is 4.83. The van der Waals surface area contributed by atoms with Gasteiger partial charge in [-0.05, 0) is 25.0 Å². The van der Waals surface area contributed by atoms with Gasteiger partial charge in [0.25, 0.3) is 0 Å². The number of ether oxygens (including phenoxy) is 1. The lowest BCUT2D eigenvalue weighted by molar-refractivity contribution is -0.144. The molecule has 0 saturated heterocycles. The maximum absolute atomic E-state index is 13.5. The summed E-state index contributed by atoms with van der Waals surface area (Å²) in [6, 6.07) is 2.08. The number of carbonyl (C=O) groups excluding carboxylic acids is 3. The van der Waals surface area contributed by atoms with Crippen LogP contribution in [0.1, 0.15) is 25.8 Å². The summed E-state index contributed by atoms with van der Waals surface area (Å²) < 4.78 is 31.9. The highest BCUT2D eigenvalue weighted by Crippen LogP contribution is 2.14. The summed E-state index contributed by atoms with van der Waals surface area (Å²) in [7, 11) is 0. The fourth-order valence-electron chi connectivity index (χ4n) is 2.18. The third-order valence-electron chi connectivity index (χ3n) is 3.39. The van der Waals surface area contributed by atoms with Crippen LogP contribution in [-0.2, 0) is 25.5 Å². The minimum Gasteiger partial charge on any atom is -0.466 e. The molecule has 1 rings (SSSR count). The molecule has 0 spiro atoms. The van der Waals surface area contributed by atoms with E-state index >= 15 is 0 Å². The SMILES string of the molecule is CCOC(=O)C[C@@H](C)[C@H](NC(=O)Cc1c(F)cccc1F)C(N)=O. The molecule has 8 heteroatoms. The van der Waals surface area contributed by atoms with Crippen molar-refractivity contribution < 1.29 is 27.9 Å². The number of benzene rings is 1. The molecule has 0 aromatic heterocycles. The maximum atomic E-state index is 13.5. The molecule has 24 heavy (non-hydrogen) atoms. The number of hydrogen-bond donors (Lipinski definition) is 2. The second-order valence-corrected chi connectivity index (χ2v) is 5.31. The summed E-state index contributed by atoms with van der Waals surface area (Å²) in [6.07, 6.45) is -0.718. The zero-order valence-corrected chi connectivity index (χ0v) is 13.5. The first-order valence-corrected chi connectivity index (χ1v) is 7.43. The van der Waals surface area contributed by atoms with Crippen LogP contribution in [0.2, 0.25) is 0 Å². The molecule has 2 atom stereocenters. The van der Waals surface area contributed by atoms with E-state index in [0.29, 0.717) is 0 Å². The van der Waals surface area contributed by atoms with Gasteiger partial charge in [-0.25, -0.2) is 8.78 Å². The number of hydrogen-bond acceptors (Lipinski definition) is 4. The van der Waals surface area contributed by atoms with Gasteiger partial charge in [0.05, 0.1) is 19.4 Å². The Balaban J connectivity index is 2.76. The number of esters is 1. The normalized spacial score (nSPS) is 13.0. The molecule has 0 aliphatic rings. The second-order valence-electron chi connectivity index (χ2n) is 5.31. The Morgan fingerprint density at radius 3 is 2.33 bits per heavy atom. The topological polar surface area (TPSA) is 98.5 Å². The van der Waals surface area contributed by atoms with Crippen LogP contribution < -0.4 is 11.1 Å². The van der Waals surface area contributed by atoms with Gasteiger partial charge in [-0.3, -0.25) is 14.4 Å². The van der Waals surface area contributed by atoms with E-state index in [2.05, 4.69) is 5.32 Å². The van der Waals surface area contributed by atoms with E-state index in [9.17, 15) is 23.2 Å². The Morgan fingerprint density at radius 1 is 1.25 bits per heavy atom. The Labute approximate surface area is 138 Å². The Morgan fingerprint density at radius 2 is 1.83 bits per heavy atom. The monoisotopic (exact) mass is 342 g/mol. The minimum atomic E-state index is -1.16. The molecule has 132 valence electrons. The first-order chi connectivity index (χ1) is 11.3. The summed E-state index contributed by atoms with van der Waals surface area (Å²) in [5.74, 6) is -4.52. The number of halogens is 2. The molecule has 3 N–H and O–H groups in total. The van der Waals surface area contributed by atoms with Crippen molar-refractivity contribution >= 4 is 17.8 Å². The fraction of sp³-hybridized carbons (Fsp3) is 0.438. The first-order valence-electron chi connectivity index (χ1n) is 7.43. The molecule has 1 aromatic carbocycles. The van der Waals surface area contributed by atoms with Crippen molar-refractivity contribution in [2.24, 2.45) is 11.7 Å². The van der Waals surface area contributed by atoms with E-state index in [-0.39, 0.29) is 13.0 Å². The van der Waals surface area contributed by atoms with E-state index in [0.717, 1.165) is 12.1 Å². The van der Waals surface area contributed by atoms with E-state index in [1.807, 2.05) is 0 Å². The lowest BCUT2D eigenvalue weighted by Gasteiger charge is -2.21. The van der Waals surface area contributed by atoms with Crippen LogP contribution in [0.5, 0.6) is 0 Å². The fourth-order valence-corrected chi connectivity index (χ4v) is 2.18. The molecule has 1 aromatic rings. The molecular weight excluding hydrogens is 322 g/mol. The molecule has 0 fully saturated rings. The van der Waals surface area contributed by atoms with Crippen LogP contribution in [0, 0.1) is 17.6 Å².